The normalized spacial score (nSPS) is 12.9. The number of benzene rings is 2. The Morgan fingerprint density at radius 1 is 1.19 bits per heavy atom. The minimum absolute atomic E-state index is 0.0140. The fourth-order valence-corrected chi connectivity index (χ4v) is 6.98. The third kappa shape index (κ3) is 5.32. The van der Waals surface area contributed by atoms with Gasteiger partial charge >= 0.3 is 0 Å². The van der Waals surface area contributed by atoms with Crippen LogP contribution in [0.5, 0.6) is 5.75 Å². The zero-order valence-corrected chi connectivity index (χ0v) is 22.2. The van der Waals surface area contributed by atoms with Crippen molar-refractivity contribution < 1.29 is 9.53 Å². The third-order valence-corrected chi connectivity index (χ3v) is 7.85. The highest BCUT2D eigenvalue weighted by molar-refractivity contribution is 14.1. The van der Waals surface area contributed by atoms with E-state index in [0.29, 0.717) is 11.3 Å². The number of ether oxygens (including phenoxy) is 1. The van der Waals surface area contributed by atoms with E-state index in [9.17, 15) is 4.79 Å². The van der Waals surface area contributed by atoms with E-state index in [1.54, 1.807) is 17.6 Å². The van der Waals surface area contributed by atoms with Gasteiger partial charge in [0, 0.05) is 16.8 Å². The number of nitriles is 1. The molecule has 0 spiro atoms. The van der Waals surface area contributed by atoms with E-state index in [1.807, 2.05) is 48.5 Å². The van der Waals surface area contributed by atoms with Crippen LogP contribution in [0, 0.1) is 18.5 Å². The van der Waals surface area contributed by atoms with Crippen LogP contribution in [0.4, 0.5) is 10.7 Å². The molecule has 0 unspecified atom stereocenters. The van der Waals surface area contributed by atoms with Gasteiger partial charge in [0.2, 0.25) is 0 Å². The molecule has 4 rings (SSSR count). The first kappa shape index (κ1) is 23.2. The second-order valence-corrected chi connectivity index (χ2v) is 10.6. The van der Waals surface area contributed by atoms with E-state index >= 15 is 0 Å². The Morgan fingerprint density at radius 2 is 1.91 bits per heavy atom. The predicted molar refractivity (Wildman–Crippen MR) is 146 cm³/mol. The molecule has 8 heteroatoms. The summed E-state index contributed by atoms with van der Waals surface area (Å²) >= 11 is 6.03. The van der Waals surface area contributed by atoms with E-state index in [0.717, 1.165) is 54.6 Å². The van der Waals surface area contributed by atoms with E-state index in [4.69, 9.17) is 15.0 Å². The lowest BCUT2D eigenvalue weighted by Gasteiger charge is -2.12. The predicted octanol–water partition coefficient (Wildman–Crippen LogP) is 6.74. The summed E-state index contributed by atoms with van der Waals surface area (Å²) in [5.41, 5.74) is 3.54. The van der Waals surface area contributed by atoms with Crippen LogP contribution >= 0.6 is 56.5 Å². The van der Waals surface area contributed by atoms with Crippen molar-refractivity contribution in [2.75, 3.05) is 11.9 Å². The molecule has 0 saturated carbocycles. The van der Waals surface area contributed by atoms with Gasteiger partial charge in [0.25, 0.3) is 5.91 Å². The molecule has 0 bridgehead atoms. The van der Waals surface area contributed by atoms with Crippen LogP contribution in [0.2, 0.25) is 0 Å². The highest BCUT2D eigenvalue weighted by atomic mass is 127. The number of nitrogens with one attached hydrogen (secondary N) is 1. The van der Waals surface area contributed by atoms with Gasteiger partial charge in [-0.3, -0.25) is 4.79 Å². The number of halogens is 2. The van der Waals surface area contributed by atoms with Crippen LogP contribution in [0.15, 0.2) is 47.5 Å². The Hall–Kier alpha value is -1.97. The fraction of sp³-hybridized carbons (Fsp3) is 0.208. The average molecular weight is 667 g/mol. The number of anilines is 1. The Labute approximate surface area is 218 Å². The molecule has 0 radical (unpaired) electrons. The SMILES string of the molecule is N#CCOc1c(I)cc(C=Nc2sc3c(c2C(=O)Nc2ccccc2)CCCC3)cc1I. The average Bonchev–Trinajstić information content (AvgIpc) is 3.16. The first-order chi connectivity index (χ1) is 15.6. The summed E-state index contributed by atoms with van der Waals surface area (Å²) in [6.45, 7) is 0.0140. The largest absolute Gasteiger partial charge is 0.477 e. The number of hydrogen-bond donors (Lipinski definition) is 1. The zero-order chi connectivity index (χ0) is 22.5. The number of rotatable bonds is 6. The Balaban J connectivity index is 1.65. The van der Waals surface area contributed by atoms with Gasteiger partial charge in [0.1, 0.15) is 16.8 Å². The first-order valence-electron chi connectivity index (χ1n) is 10.1. The summed E-state index contributed by atoms with van der Waals surface area (Å²) in [5, 5.41) is 12.6. The Kier molecular flexibility index (Phi) is 7.80. The van der Waals surface area contributed by atoms with Crippen molar-refractivity contribution in [1.29, 1.82) is 5.26 Å². The fourth-order valence-electron chi connectivity index (χ4n) is 3.62. The van der Waals surface area contributed by atoms with E-state index in [1.165, 1.54) is 4.88 Å². The van der Waals surface area contributed by atoms with Crippen molar-refractivity contribution in [3.63, 3.8) is 0 Å². The molecule has 0 fully saturated rings. The molecule has 1 amide bonds. The lowest BCUT2D eigenvalue weighted by atomic mass is 9.95. The van der Waals surface area contributed by atoms with Gasteiger partial charge in [-0.2, -0.15) is 5.26 Å². The van der Waals surface area contributed by atoms with Gasteiger partial charge in [0.05, 0.1) is 12.7 Å². The maximum Gasteiger partial charge on any atom is 0.259 e. The zero-order valence-electron chi connectivity index (χ0n) is 17.0. The smallest absolute Gasteiger partial charge is 0.259 e. The molecule has 162 valence electrons. The second-order valence-electron chi connectivity index (χ2n) is 7.23. The molecule has 3 aromatic rings. The molecule has 0 aliphatic heterocycles. The summed E-state index contributed by atoms with van der Waals surface area (Å²) in [6, 6.07) is 15.5. The summed E-state index contributed by atoms with van der Waals surface area (Å²) in [4.78, 5) is 19.2. The number of carbonyl (C=O) groups excluding carboxylic acids is 1. The summed E-state index contributed by atoms with van der Waals surface area (Å²) in [7, 11) is 0. The number of hydrogen-bond acceptors (Lipinski definition) is 5. The van der Waals surface area contributed by atoms with Crippen molar-refractivity contribution >= 4 is 79.3 Å². The number of para-hydroxylation sites is 1. The molecule has 1 aliphatic rings. The monoisotopic (exact) mass is 667 g/mol. The van der Waals surface area contributed by atoms with Crippen molar-refractivity contribution in [3.8, 4) is 11.8 Å². The molecule has 0 saturated heterocycles. The van der Waals surface area contributed by atoms with Crippen LogP contribution in [0.3, 0.4) is 0 Å². The van der Waals surface area contributed by atoms with E-state index < -0.39 is 0 Å². The highest BCUT2D eigenvalue weighted by Gasteiger charge is 2.25. The van der Waals surface area contributed by atoms with Crippen molar-refractivity contribution in [3.05, 3.63) is 71.2 Å². The van der Waals surface area contributed by atoms with Gasteiger partial charge in [0.15, 0.2) is 6.61 Å². The van der Waals surface area contributed by atoms with E-state index in [-0.39, 0.29) is 12.5 Å². The van der Waals surface area contributed by atoms with Crippen LogP contribution in [0.1, 0.15) is 39.2 Å². The summed E-state index contributed by atoms with van der Waals surface area (Å²) in [5.74, 6) is 0.603. The molecule has 1 heterocycles. The van der Waals surface area contributed by atoms with Gasteiger partial charge in [-0.1, -0.05) is 18.2 Å². The quantitative estimate of drug-likeness (QED) is 0.234. The standard InChI is InChI=1S/C24H19I2N3O2S/c25-18-12-15(13-19(26)22(18)31-11-10-27)14-28-24-21(17-8-4-5-9-20(17)32-24)23(30)29-16-6-2-1-3-7-16/h1-3,6-7,12-14H,4-5,8-9,11H2,(H,29,30). The molecule has 1 aliphatic carbocycles. The number of carbonyl (C=O) groups is 1. The van der Waals surface area contributed by atoms with Crippen LogP contribution in [0.25, 0.3) is 0 Å². The van der Waals surface area contributed by atoms with Gasteiger partial charge in [-0.05, 0) is 106 Å². The van der Waals surface area contributed by atoms with Crippen LogP contribution in [-0.4, -0.2) is 18.7 Å². The van der Waals surface area contributed by atoms with Crippen molar-refractivity contribution in [2.45, 2.75) is 25.7 Å². The van der Waals surface area contributed by atoms with Crippen LogP contribution in [-0.2, 0) is 12.8 Å². The number of thiophene rings is 1. The lowest BCUT2D eigenvalue weighted by molar-refractivity contribution is 0.102. The van der Waals surface area contributed by atoms with Crippen molar-refractivity contribution in [1.82, 2.24) is 0 Å². The van der Waals surface area contributed by atoms with Gasteiger partial charge in [-0.15, -0.1) is 11.3 Å². The van der Waals surface area contributed by atoms with Gasteiger partial charge < -0.3 is 10.1 Å². The molecule has 1 N–H and O–H groups in total. The Bertz CT molecular complexity index is 1190. The minimum atomic E-state index is -0.104. The van der Waals surface area contributed by atoms with Crippen LogP contribution < -0.4 is 10.1 Å². The molecular weight excluding hydrogens is 648 g/mol. The first-order valence-corrected chi connectivity index (χ1v) is 13.1. The Morgan fingerprint density at radius 3 is 2.62 bits per heavy atom. The van der Waals surface area contributed by atoms with Gasteiger partial charge in [-0.25, -0.2) is 4.99 Å². The number of aliphatic imine (C=N–C) groups is 1. The maximum atomic E-state index is 13.2. The summed E-state index contributed by atoms with van der Waals surface area (Å²) < 4.78 is 7.36. The molecule has 5 nitrogen and oxygen atoms in total. The number of fused-ring (bicyclic) bond motifs is 1. The third-order valence-electron chi connectivity index (χ3n) is 5.04. The second kappa shape index (κ2) is 10.8. The molecule has 0 atom stereocenters. The number of aryl methyl sites for hydroxylation is 1. The molecular formula is C24H19I2N3O2S. The number of amides is 1. The van der Waals surface area contributed by atoms with Crippen molar-refractivity contribution in [2.24, 2.45) is 4.99 Å². The lowest BCUT2D eigenvalue weighted by Crippen LogP contribution is -2.14. The molecule has 1 aromatic heterocycles. The topological polar surface area (TPSA) is 74.5 Å². The molecule has 2 aromatic carbocycles. The maximum absolute atomic E-state index is 13.2. The minimum Gasteiger partial charge on any atom is -0.477 e. The number of nitrogens with zero attached hydrogens (tertiary/aromatic N) is 2. The highest BCUT2D eigenvalue weighted by Crippen LogP contribution is 2.40. The summed E-state index contributed by atoms with van der Waals surface area (Å²) in [6.07, 6.45) is 5.96. The van der Waals surface area contributed by atoms with E-state index in [2.05, 4.69) is 50.5 Å². The molecule has 32 heavy (non-hydrogen) atoms.